The molecule has 0 saturated heterocycles. The van der Waals surface area contributed by atoms with E-state index in [0.717, 1.165) is 23.4 Å². The molecule has 1 unspecified atom stereocenters. The van der Waals surface area contributed by atoms with Gasteiger partial charge in [-0.15, -0.1) is 0 Å². The molecule has 1 N–H and O–H groups in total. The number of ether oxygens (including phenoxy) is 1. The van der Waals surface area contributed by atoms with Gasteiger partial charge in [0.05, 0.1) is 13.2 Å². The van der Waals surface area contributed by atoms with Crippen molar-refractivity contribution in [2.75, 3.05) is 13.7 Å². The summed E-state index contributed by atoms with van der Waals surface area (Å²) in [6, 6.07) is 10.2. The van der Waals surface area contributed by atoms with E-state index in [2.05, 4.69) is 5.32 Å². The average Bonchev–Trinajstić information content (AvgIpc) is 2.47. The highest BCUT2D eigenvalue weighted by Crippen LogP contribution is 2.29. The summed E-state index contributed by atoms with van der Waals surface area (Å²) in [4.78, 5) is 0. The lowest BCUT2D eigenvalue weighted by Crippen LogP contribution is -2.23. The molecular formula is C17H19ClFNO. The van der Waals surface area contributed by atoms with Gasteiger partial charge in [0, 0.05) is 10.6 Å². The molecule has 2 aromatic rings. The van der Waals surface area contributed by atoms with Crippen LogP contribution in [0.15, 0.2) is 36.4 Å². The van der Waals surface area contributed by atoms with Gasteiger partial charge in [0.25, 0.3) is 0 Å². The first-order valence-electron chi connectivity index (χ1n) is 6.89. The molecule has 0 spiro atoms. The number of aryl methyl sites for hydroxylation is 1. The van der Waals surface area contributed by atoms with Gasteiger partial charge in [0.1, 0.15) is 11.6 Å². The maximum Gasteiger partial charge on any atom is 0.128 e. The third kappa shape index (κ3) is 3.55. The van der Waals surface area contributed by atoms with E-state index in [4.69, 9.17) is 16.3 Å². The minimum atomic E-state index is -0.265. The highest BCUT2D eigenvalue weighted by atomic mass is 35.5. The van der Waals surface area contributed by atoms with Crippen molar-refractivity contribution in [1.29, 1.82) is 0 Å². The Hall–Kier alpha value is -1.58. The standard InChI is InChI=1S/C17H19ClFNO/c1-4-20-17(14-10-13(18)6-7-15(14)19)12-5-8-16(21-3)11(2)9-12/h5-10,17,20H,4H2,1-3H3. The van der Waals surface area contributed by atoms with Gasteiger partial charge >= 0.3 is 0 Å². The summed E-state index contributed by atoms with van der Waals surface area (Å²) >= 11 is 6.01. The zero-order chi connectivity index (χ0) is 15.4. The summed E-state index contributed by atoms with van der Waals surface area (Å²) in [5.41, 5.74) is 2.55. The summed E-state index contributed by atoms with van der Waals surface area (Å²) in [7, 11) is 1.64. The van der Waals surface area contributed by atoms with E-state index in [0.29, 0.717) is 10.6 Å². The second-order valence-corrected chi connectivity index (χ2v) is 5.32. The quantitative estimate of drug-likeness (QED) is 0.878. The fourth-order valence-electron chi connectivity index (χ4n) is 2.43. The van der Waals surface area contributed by atoms with Crippen LogP contribution < -0.4 is 10.1 Å². The fraction of sp³-hybridized carbons (Fsp3) is 0.294. The molecule has 2 rings (SSSR count). The van der Waals surface area contributed by atoms with Crippen LogP contribution in [0.1, 0.15) is 29.7 Å². The number of benzene rings is 2. The molecule has 2 aromatic carbocycles. The van der Waals surface area contributed by atoms with Crippen molar-refractivity contribution in [3.63, 3.8) is 0 Å². The molecule has 0 aliphatic rings. The van der Waals surface area contributed by atoms with Gasteiger partial charge in [0.2, 0.25) is 0 Å². The zero-order valence-corrected chi connectivity index (χ0v) is 13.2. The van der Waals surface area contributed by atoms with E-state index in [9.17, 15) is 4.39 Å². The van der Waals surface area contributed by atoms with Crippen LogP contribution in [-0.2, 0) is 0 Å². The van der Waals surface area contributed by atoms with Crippen molar-refractivity contribution in [1.82, 2.24) is 5.32 Å². The normalized spacial score (nSPS) is 12.2. The molecule has 0 saturated carbocycles. The Morgan fingerprint density at radius 1 is 1.24 bits per heavy atom. The Morgan fingerprint density at radius 2 is 2.00 bits per heavy atom. The Morgan fingerprint density at radius 3 is 2.62 bits per heavy atom. The number of hydrogen-bond donors (Lipinski definition) is 1. The lowest BCUT2D eigenvalue weighted by molar-refractivity contribution is 0.411. The Balaban J connectivity index is 2.48. The molecule has 0 aliphatic heterocycles. The van der Waals surface area contributed by atoms with Crippen LogP contribution in [0.3, 0.4) is 0 Å². The first kappa shape index (κ1) is 15.8. The Labute approximate surface area is 129 Å². The van der Waals surface area contributed by atoms with E-state index in [1.807, 2.05) is 32.0 Å². The van der Waals surface area contributed by atoms with Gasteiger partial charge in [0.15, 0.2) is 0 Å². The second-order valence-electron chi connectivity index (χ2n) is 4.89. The molecule has 112 valence electrons. The van der Waals surface area contributed by atoms with Gasteiger partial charge in [-0.05, 0) is 48.9 Å². The molecule has 0 amide bonds. The monoisotopic (exact) mass is 307 g/mol. The topological polar surface area (TPSA) is 21.3 Å². The van der Waals surface area contributed by atoms with Crippen LogP contribution in [0, 0.1) is 12.7 Å². The fourth-order valence-corrected chi connectivity index (χ4v) is 2.61. The first-order valence-corrected chi connectivity index (χ1v) is 7.27. The van der Waals surface area contributed by atoms with E-state index in [1.165, 1.54) is 6.07 Å². The van der Waals surface area contributed by atoms with Crippen LogP contribution in [0.5, 0.6) is 5.75 Å². The van der Waals surface area contributed by atoms with E-state index >= 15 is 0 Å². The van der Waals surface area contributed by atoms with Crippen molar-refractivity contribution in [3.8, 4) is 5.75 Å². The Kier molecular flexibility index (Phi) is 5.21. The zero-order valence-electron chi connectivity index (χ0n) is 12.4. The molecule has 0 aromatic heterocycles. The third-order valence-electron chi connectivity index (χ3n) is 3.43. The molecule has 0 heterocycles. The number of methoxy groups -OCH3 is 1. The van der Waals surface area contributed by atoms with E-state index in [1.54, 1.807) is 19.2 Å². The largest absolute Gasteiger partial charge is 0.496 e. The molecule has 0 radical (unpaired) electrons. The highest BCUT2D eigenvalue weighted by molar-refractivity contribution is 6.30. The second kappa shape index (κ2) is 6.92. The molecule has 1 atom stereocenters. The van der Waals surface area contributed by atoms with Gasteiger partial charge in [-0.25, -0.2) is 4.39 Å². The van der Waals surface area contributed by atoms with Crippen molar-refractivity contribution in [3.05, 3.63) is 63.9 Å². The predicted molar refractivity (Wildman–Crippen MR) is 84.7 cm³/mol. The summed E-state index contributed by atoms with van der Waals surface area (Å²) in [5, 5.41) is 3.84. The molecule has 2 nitrogen and oxygen atoms in total. The van der Waals surface area contributed by atoms with Crippen molar-refractivity contribution in [2.45, 2.75) is 19.9 Å². The highest BCUT2D eigenvalue weighted by Gasteiger charge is 2.18. The molecule has 21 heavy (non-hydrogen) atoms. The molecule has 0 aliphatic carbocycles. The van der Waals surface area contributed by atoms with Gasteiger partial charge in [-0.1, -0.05) is 30.7 Å². The van der Waals surface area contributed by atoms with Crippen LogP contribution in [0.4, 0.5) is 4.39 Å². The van der Waals surface area contributed by atoms with Crippen LogP contribution >= 0.6 is 11.6 Å². The summed E-state index contributed by atoms with van der Waals surface area (Å²) in [6.45, 7) is 4.69. The molecular weight excluding hydrogens is 289 g/mol. The minimum Gasteiger partial charge on any atom is -0.496 e. The molecule has 0 fully saturated rings. The predicted octanol–water partition coefficient (Wildman–Crippen LogP) is 4.50. The van der Waals surface area contributed by atoms with E-state index in [-0.39, 0.29) is 11.9 Å². The Bertz CT molecular complexity index is 630. The number of nitrogens with one attached hydrogen (secondary N) is 1. The van der Waals surface area contributed by atoms with Crippen molar-refractivity contribution < 1.29 is 9.13 Å². The van der Waals surface area contributed by atoms with Gasteiger partial charge < -0.3 is 10.1 Å². The smallest absolute Gasteiger partial charge is 0.128 e. The van der Waals surface area contributed by atoms with Crippen LogP contribution in [0.25, 0.3) is 0 Å². The summed E-state index contributed by atoms with van der Waals surface area (Å²) < 4.78 is 19.4. The average molecular weight is 308 g/mol. The lowest BCUT2D eigenvalue weighted by Gasteiger charge is -2.21. The maximum absolute atomic E-state index is 14.2. The minimum absolute atomic E-state index is 0.238. The van der Waals surface area contributed by atoms with Gasteiger partial charge in [-0.2, -0.15) is 0 Å². The first-order chi connectivity index (χ1) is 10.1. The summed E-state index contributed by atoms with van der Waals surface area (Å²) in [6.07, 6.45) is 0. The number of rotatable bonds is 5. The number of halogens is 2. The van der Waals surface area contributed by atoms with E-state index < -0.39 is 0 Å². The molecule has 4 heteroatoms. The van der Waals surface area contributed by atoms with Gasteiger partial charge in [-0.3, -0.25) is 0 Å². The van der Waals surface area contributed by atoms with Crippen LogP contribution in [0.2, 0.25) is 5.02 Å². The van der Waals surface area contributed by atoms with Crippen molar-refractivity contribution >= 4 is 11.6 Å². The van der Waals surface area contributed by atoms with Crippen LogP contribution in [-0.4, -0.2) is 13.7 Å². The number of hydrogen-bond acceptors (Lipinski definition) is 2. The lowest BCUT2D eigenvalue weighted by atomic mass is 9.96. The summed E-state index contributed by atoms with van der Waals surface area (Å²) in [5.74, 6) is 0.555. The van der Waals surface area contributed by atoms with Crippen molar-refractivity contribution in [2.24, 2.45) is 0 Å². The third-order valence-corrected chi connectivity index (χ3v) is 3.66. The maximum atomic E-state index is 14.2. The SMILES string of the molecule is CCNC(c1ccc(OC)c(C)c1)c1cc(Cl)ccc1F. The molecule has 0 bridgehead atoms.